The van der Waals surface area contributed by atoms with Gasteiger partial charge in [-0.25, -0.2) is 10.2 Å². The smallest absolute Gasteiger partial charge is 0.316 e. The normalized spacial score (nSPS) is 15.4. The first-order chi connectivity index (χ1) is 11.6. The van der Waals surface area contributed by atoms with E-state index in [-0.39, 0.29) is 13.2 Å². The zero-order chi connectivity index (χ0) is 19.6. The third-order valence-electron chi connectivity index (χ3n) is 2.91. The number of carbonyl (C=O) groups is 4. The number of carbonyl (C=O) groups excluding carboxylic acids is 4. The fraction of sp³-hybridized carbons (Fsp3) is 0.667. The van der Waals surface area contributed by atoms with Crippen molar-refractivity contribution in [1.82, 2.24) is 21.5 Å². The molecule has 0 bridgehead atoms. The van der Waals surface area contributed by atoms with Crippen LogP contribution in [0.25, 0.3) is 0 Å². The van der Waals surface area contributed by atoms with Crippen molar-refractivity contribution in [1.29, 1.82) is 0 Å². The van der Waals surface area contributed by atoms with E-state index in [0.29, 0.717) is 0 Å². The molecule has 0 aromatic heterocycles. The van der Waals surface area contributed by atoms with Crippen molar-refractivity contribution in [3.05, 3.63) is 0 Å². The summed E-state index contributed by atoms with van der Waals surface area (Å²) in [6.45, 7) is 0.948. The second-order valence-corrected chi connectivity index (χ2v) is 5.27. The van der Waals surface area contributed by atoms with E-state index in [4.69, 9.17) is 22.3 Å². The maximum Gasteiger partial charge on any atom is 0.316 e. The Balaban J connectivity index is 4.75. The molecule has 13 nitrogen and oxygen atoms in total. The minimum absolute atomic E-state index is 0.0313. The predicted molar refractivity (Wildman–Crippen MR) is 85.1 cm³/mol. The van der Waals surface area contributed by atoms with Gasteiger partial charge in [-0.05, 0) is 6.92 Å². The Kier molecular flexibility index (Phi) is 10.0. The number of hydrazine groups is 1. The Bertz CT molecular complexity index is 487. The molecule has 4 unspecified atom stereocenters. The number of rotatable bonds is 11. The van der Waals surface area contributed by atoms with Crippen LogP contribution in [0.1, 0.15) is 13.3 Å². The molecule has 0 fully saturated rings. The van der Waals surface area contributed by atoms with Crippen molar-refractivity contribution in [3.8, 4) is 0 Å². The molecule has 25 heavy (non-hydrogen) atoms. The van der Waals surface area contributed by atoms with Gasteiger partial charge in [-0.2, -0.15) is 0 Å². The van der Waals surface area contributed by atoms with E-state index in [1.165, 1.54) is 6.92 Å². The quantitative estimate of drug-likeness (QED) is 0.160. The number of aliphatic hydroxyl groups is 2. The zero-order valence-corrected chi connectivity index (χ0v) is 13.7. The molecule has 0 heterocycles. The van der Waals surface area contributed by atoms with Crippen LogP contribution in [0, 0.1) is 0 Å². The third-order valence-corrected chi connectivity index (χ3v) is 2.91. The van der Waals surface area contributed by atoms with Crippen LogP contribution in [0.4, 0.5) is 4.79 Å². The maximum atomic E-state index is 12.0. The first-order valence-electron chi connectivity index (χ1n) is 7.30. The molecule has 0 spiro atoms. The van der Waals surface area contributed by atoms with Gasteiger partial charge in [0, 0.05) is 12.6 Å². The Labute approximate surface area is 143 Å². The predicted octanol–water partition coefficient (Wildman–Crippen LogP) is -5.30. The highest BCUT2D eigenvalue weighted by Crippen LogP contribution is 1.95. The second-order valence-electron chi connectivity index (χ2n) is 5.27. The second kappa shape index (κ2) is 11.1. The van der Waals surface area contributed by atoms with Gasteiger partial charge >= 0.3 is 6.03 Å². The first kappa shape index (κ1) is 22.5. The van der Waals surface area contributed by atoms with Gasteiger partial charge < -0.3 is 38.0 Å². The van der Waals surface area contributed by atoms with E-state index in [1.54, 1.807) is 0 Å². The average molecular weight is 363 g/mol. The van der Waals surface area contributed by atoms with Gasteiger partial charge in [0.25, 0.3) is 5.91 Å². The lowest BCUT2D eigenvalue weighted by Gasteiger charge is -2.22. The van der Waals surface area contributed by atoms with Gasteiger partial charge in [-0.1, -0.05) is 0 Å². The SMILES string of the molecule is CC(O)C(NC(=O)NC(CC(N)=O)C(=O)NNCC(N)CO)C(N)=O. The van der Waals surface area contributed by atoms with Gasteiger partial charge in [0.15, 0.2) is 0 Å². The molecule has 12 N–H and O–H groups in total. The van der Waals surface area contributed by atoms with Gasteiger partial charge in [0.1, 0.15) is 12.1 Å². The maximum absolute atomic E-state index is 12.0. The number of amides is 5. The monoisotopic (exact) mass is 363 g/mol. The highest BCUT2D eigenvalue weighted by Gasteiger charge is 2.27. The number of primary amides is 2. The van der Waals surface area contributed by atoms with Crippen LogP contribution in [0.5, 0.6) is 0 Å². The number of aliphatic hydroxyl groups excluding tert-OH is 2. The first-order valence-corrected chi connectivity index (χ1v) is 7.30. The summed E-state index contributed by atoms with van der Waals surface area (Å²) in [4.78, 5) is 46.0. The van der Waals surface area contributed by atoms with Crippen LogP contribution in [0.15, 0.2) is 0 Å². The largest absolute Gasteiger partial charge is 0.395 e. The molecule has 0 radical (unpaired) electrons. The van der Waals surface area contributed by atoms with Crippen molar-refractivity contribution in [3.63, 3.8) is 0 Å². The summed E-state index contributed by atoms with van der Waals surface area (Å²) < 4.78 is 0. The lowest BCUT2D eigenvalue weighted by molar-refractivity contribution is -0.127. The molecule has 0 aliphatic rings. The standard InChI is InChI=1S/C12H25N7O6/c1-5(21)9(10(15)23)18-12(25)17-7(2-8(14)22)11(24)19-16-3-6(13)4-20/h5-7,9,16,20-21H,2-4,13H2,1H3,(H2,14,22)(H2,15,23)(H,19,24)(H2,17,18,25). The molecule has 0 aliphatic heterocycles. The fourth-order valence-corrected chi connectivity index (χ4v) is 1.60. The number of hydrogen-bond donors (Lipinski definition) is 9. The summed E-state index contributed by atoms with van der Waals surface area (Å²) in [7, 11) is 0. The van der Waals surface area contributed by atoms with Crippen LogP contribution in [0.3, 0.4) is 0 Å². The average Bonchev–Trinajstić information content (AvgIpc) is 2.50. The van der Waals surface area contributed by atoms with E-state index in [2.05, 4.69) is 21.5 Å². The summed E-state index contributed by atoms with van der Waals surface area (Å²) in [5.41, 5.74) is 20.1. The summed E-state index contributed by atoms with van der Waals surface area (Å²) in [5, 5.41) is 22.3. The van der Waals surface area contributed by atoms with Crippen LogP contribution in [-0.4, -0.2) is 71.3 Å². The molecule has 5 amide bonds. The molecular weight excluding hydrogens is 338 g/mol. The van der Waals surface area contributed by atoms with Gasteiger partial charge in [0.2, 0.25) is 11.8 Å². The van der Waals surface area contributed by atoms with Gasteiger partial charge in [-0.3, -0.25) is 19.8 Å². The summed E-state index contributed by atoms with van der Waals surface area (Å²) >= 11 is 0. The Morgan fingerprint density at radius 2 is 1.72 bits per heavy atom. The zero-order valence-electron chi connectivity index (χ0n) is 13.7. The third kappa shape index (κ3) is 9.41. The molecule has 0 aromatic rings. The van der Waals surface area contributed by atoms with Crippen LogP contribution >= 0.6 is 0 Å². The molecule has 13 heteroatoms. The minimum atomic E-state index is -1.39. The van der Waals surface area contributed by atoms with Gasteiger partial charge in [0.05, 0.1) is 19.1 Å². The number of nitrogens with one attached hydrogen (secondary N) is 4. The topological polar surface area (TPSA) is 235 Å². The summed E-state index contributed by atoms with van der Waals surface area (Å²) in [6, 6.07) is -4.40. The molecule has 0 saturated carbocycles. The van der Waals surface area contributed by atoms with Crippen LogP contribution in [0.2, 0.25) is 0 Å². The minimum Gasteiger partial charge on any atom is -0.395 e. The van der Waals surface area contributed by atoms with E-state index < -0.39 is 54.4 Å². The number of hydrogen-bond acceptors (Lipinski definition) is 8. The molecule has 0 aromatic carbocycles. The summed E-state index contributed by atoms with van der Waals surface area (Å²) in [6.07, 6.45) is -1.79. The Morgan fingerprint density at radius 3 is 2.16 bits per heavy atom. The molecule has 0 saturated heterocycles. The highest BCUT2D eigenvalue weighted by atomic mass is 16.3. The summed E-state index contributed by atoms with van der Waals surface area (Å²) in [5.74, 6) is -2.66. The number of urea groups is 1. The van der Waals surface area contributed by atoms with Crippen LogP contribution < -0.4 is 38.7 Å². The van der Waals surface area contributed by atoms with Crippen molar-refractivity contribution in [2.24, 2.45) is 17.2 Å². The Hall–Kier alpha value is -2.48. The van der Waals surface area contributed by atoms with Crippen molar-refractivity contribution < 1.29 is 29.4 Å². The van der Waals surface area contributed by atoms with E-state index in [0.717, 1.165) is 0 Å². The fourth-order valence-electron chi connectivity index (χ4n) is 1.60. The molecule has 4 atom stereocenters. The van der Waals surface area contributed by atoms with Crippen LogP contribution in [-0.2, 0) is 14.4 Å². The van der Waals surface area contributed by atoms with Crippen molar-refractivity contribution in [2.45, 2.75) is 37.6 Å². The van der Waals surface area contributed by atoms with Crippen molar-refractivity contribution in [2.75, 3.05) is 13.2 Å². The van der Waals surface area contributed by atoms with Crippen molar-refractivity contribution >= 4 is 23.8 Å². The lowest BCUT2D eigenvalue weighted by Crippen LogP contribution is -2.59. The number of nitrogens with two attached hydrogens (primary N) is 3. The lowest BCUT2D eigenvalue weighted by atomic mass is 10.1. The van der Waals surface area contributed by atoms with E-state index in [9.17, 15) is 24.3 Å². The molecule has 144 valence electrons. The Morgan fingerprint density at radius 1 is 1.12 bits per heavy atom. The highest BCUT2D eigenvalue weighted by molar-refractivity contribution is 5.92. The molecule has 0 rings (SSSR count). The molecular formula is C12H25N7O6. The van der Waals surface area contributed by atoms with E-state index in [1.807, 2.05) is 0 Å². The molecule has 0 aliphatic carbocycles. The van der Waals surface area contributed by atoms with Gasteiger partial charge in [-0.15, -0.1) is 0 Å². The van der Waals surface area contributed by atoms with E-state index >= 15 is 0 Å².